The number of amides is 1. The van der Waals surface area contributed by atoms with Crippen molar-refractivity contribution in [3.63, 3.8) is 0 Å². The summed E-state index contributed by atoms with van der Waals surface area (Å²) in [6, 6.07) is 4.83. The van der Waals surface area contributed by atoms with Crippen LogP contribution < -0.4 is 11.1 Å². The summed E-state index contributed by atoms with van der Waals surface area (Å²) in [6.07, 6.45) is 0.546. The van der Waals surface area contributed by atoms with Crippen LogP contribution in [0, 0.1) is 0 Å². The van der Waals surface area contributed by atoms with Gasteiger partial charge in [0, 0.05) is 17.6 Å². The first-order valence-electron chi connectivity index (χ1n) is 5.80. The number of anilines is 1. The van der Waals surface area contributed by atoms with Crippen LogP contribution in [0.2, 0.25) is 5.02 Å². The average Bonchev–Trinajstić information content (AvgIpc) is 2.25. The van der Waals surface area contributed by atoms with Crippen LogP contribution in [0.4, 0.5) is 5.69 Å². The summed E-state index contributed by atoms with van der Waals surface area (Å²) < 4.78 is 0. The van der Waals surface area contributed by atoms with E-state index in [2.05, 4.69) is 5.32 Å². The Bertz CT molecular complexity index is 501. The van der Waals surface area contributed by atoms with Crippen LogP contribution >= 0.6 is 11.6 Å². The van der Waals surface area contributed by atoms with Gasteiger partial charge in [-0.2, -0.15) is 0 Å². The average molecular weight is 285 g/mol. The molecule has 0 saturated carbocycles. The summed E-state index contributed by atoms with van der Waals surface area (Å²) >= 11 is 5.95. The lowest BCUT2D eigenvalue weighted by Gasteiger charge is -2.27. The fraction of sp³-hybridized carbons (Fsp3) is 0.385. The van der Waals surface area contributed by atoms with E-state index in [4.69, 9.17) is 22.4 Å². The number of nitrogens with one attached hydrogen (secondary N) is 1. The number of carboxylic acids is 1. The predicted molar refractivity (Wildman–Crippen MR) is 74.5 cm³/mol. The minimum absolute atomic E-state index is 0.0765. The van der Waals surface area contributed by atoms with Gasteiger partial charge in [-0.3, -0.25) is 9.59 Å². The van der Waals surface area contributed by atoms with Crippen LogP contribution in [-0.4, -0.2) is 22.5 Å². The number of carbonyl (C=O) groups is 2. The molecule has 0 aliphatic heterocycles. The molecular formula is C13H17ClN2O3. The summed E-state index contributed by atoms with van der Waals surface area (Å²) in [5, 5.41) is 12.1. The number of carbonyl (C=O) groups excluding carboxylic acids is 1. The maximum absolute atomic E-state index is 11.0. The summed E-state index contributed by atoms with van der Waals surface area (Å²) in [4.78, 5) is 21.6. The monoisotopic (exact) mass is 284 g/mol. The lowest BCUT2D eigenvalue weighted by atomic mass is 9.98. The first kappa shape index (κ1) is 15.3. The molecule has 4 N–H and O–H groups in total. The normalized spacial score (nSPS) is 11.1. The van der Waals surface area contributed by atoms with E-state index in [0.29, 0.717) is 12.1 Å². The molecule has 1 aromatic carbocycles. The van der Waals surface area contributed by atoms with Crippen molar-refractivity contribution in [3.8, 4) is 0 Å². The molecule has 0 aliphatic rings. The molecule has 0 radical (unpaired) electrons. The van der Waals surface area contributed by atoms with Gasteiger partial charge in [0.2, 0.25) is 5.91 Å². The first-order chi connectivity index (χ1) is 8.71. The zero-order chi connectivity index (χ0) is 14.6. The van der Waals surface area contributed by atoms with Crippen molar-refractivity contribution < 1.29 is 14.7 Å². The molecule has 0 fully saturated rings. The van der Waals surface area contributed by atoms with Gasteiger partial charge in [-0.05, 0) is 38.5 Å². The molecule has 1 amide bonds. The van der Waals surface area contributed by atoms with Crippen LogP contribution in [0.1, 0.15) is 37.0 Å². The van der Waals surface area contributed by atoms with Crippen LogP contribution in [0.5, 0.6) is 0 Å². The van der Waals surface area contributed by atoms with Crippen LogP contribution in [-0.2, 0) is 4.79 Å². The van der Waals surface area contributed by atoms with Gasteiger partial charge in [0.25, 0.3) is 0 Å². The third-order valence-electron chi connectivity index (χ3n) is 2.68. The lowest BCUT2D eigenvalue weighted by Crippen LogP contribution is -2.31. The van der Waals surface area contributed by atoms with Gasteiger partial charge in [-0.1, -0.05) is 11.6 Å². The molecule has 0 spiro atoms. The van der Waals surface area contributed by atoms with Gasteiger partial charge in [0.1, 0.15) is 0 Å². The number of hydrogen-bond donors (Lipinski definition) is 3. The van der Waals surface area contributed by atoms with Crippen molar-refractivity contribution in [2.45, 2.75) is 32.2 Å². The summed E-state index contributed by atoms with van der Waals surface area (Å²) in [6.45, 7) is 3.79. The maximum atomic E-state index is 11.0. The molecule has 5 nitrogen and oxygen atoms in total. The third kappa shape index (κ3) is 4.79. The van der Waals surface area contributed by atoms with E-state index in [9.17, 15) is 9.59 Å². The molecule has 0 heterocycles. The van der Waals surface area contributed by atoms with Crippen LogP contribution in [0.15, 0.2) is 18.2 Å². The standard InChI is InChI=1S/C13H17ClN2O3/c1-13(2,6-5-11(17)18)16-8-3-4-9(12(15)19)10(14)7-8/h3-4,7,16H,5-6H2,1-2H3,(H2,15,19)(H,17,18). The maximum Gasteiger partial charge on any atom is 0.303 e. The molecule has 104 valence electrons. The number of carboxylic acid groups (broad SMARTS) is 1. The number of nitrogens with two attached hydrogens (primary N) is 1. The minimum Gasteiger partial charge on any atom is -0.481 e. The molecule has 0 aromatic heterocycles. The van der Waals surface area contributed by atoms with E-state index in [1.165, 1.54) is 0 Å². The quantitative estimate of drug-likeness (QED) is 0.748. The third-order valence-corrected chi connectivity index (χ3v) is 2.99. The molecule has 0 aliphatic carbocycles. The van der Waals surface area contributed by atoms with E-state index in [1.54, 1.807) is 18.2 Å². The van der Waals surface area contributed by atoms with E-state index < -0.39 is 17.4 Å². The highest BCUT2D eigenvalue weighted by molar-refractivity contribution is 6.34. The Balaban J connectivity index is 2.79. The molecule has 0 saturated heterocycles. The molecule has 1 aromatic rings. The van der Waals surface area contributed by atoms with Gasteiger partial charge in [-0.25, -0.2) is 0 Å². The number of aliphatic carboxylic acids is 1. The van der Waals surface area contributed by atoms with Gasteiger partial charge < -0.3 is 16.2 Å². The molecule has 0 bridgehead atoms. The second kappa shape index (κ2) is 5.93. The van der Waals surface area contributed by atoms with E-state index in [1.807, 2.05) is 13.8 Å². The largest absolute Gasteiger partial charge is 0.481 e. The number of benzene rings is 1. The van der Waals surface area contributed by atoms with Crippen molar-refractivity contribution in [3.05, 3.63) is 28.8 Å². The number of hydrogen-bond acceptors (Lipinski definition) is 3. The number of primary amides is 1. The molecule has 6 heteroatoms. The van der Waals surface area contributed by atoms with E-state index in [0.717, 1.165) is 0 Å². The summed E-state index contributed by atoms with van der Waals surface area (Å²) in [7, 11) is 0. The van der Waals surface area contributed by atoms with Crippen molar-refractivity contribution in [1.82, 2.24) is 0 Å². The first-order valence-corrected chi connectivity index (χ1v) is 6.18. The molecule has 0 unspecified atom stereocenters. The highest BCUT2D eigenvalue weighted by Gasteiger charge is 2.19. The zero-order valence-corrected chi connectivity index (χ0v) is 11.6. The van der Waals surface area contributed by atoms with Crippen LogP contribution in [0.25, 0.3) is 0 Å². The van der Waals surface area contributed by atoms with Gasteiger partial charge in [0.05, 0.1) is 10.6 Å². The second-order valence-electron chi connectivity index (χ2n) is 4.96. The Morgan fingerprint density at radius 3 is 2.53 bits per heavy atom. The molecule has 0 atom stereocenters. The van der Waals surface area contributed by atoms with Gasteiger partial charge >= 0.3 is 5.97 Å². The van der Waals surface area contributed by atoms with Crippen LogP contribution in [0.3, 0.4) is 0 Å². The highest BCUT2D eigenvalue weighted by Crippen LogP contribution is 2.24. The zero-order valence-electron chi connectivity index (χ0n) is 10.9. The van der Waals surface area contributed by atoms with Crippen molar-refractivity contribution in [2.24, 2.45) is 5.73 Å². The van der Waals surface area contributed by atoms with E-state index in [-0.39, 0.29) is 17.0 Å². The topological polar surface area (TPSA) is 92.4 Å². The number of rotatable bonds is 6. The summed E-state index contributed by atoms with van der Waals surface area (Å²) in [5.74, 6) is -1.42. The molecule has 19 heavy (non-hydrogen) atoms. The number of halogens is 1. The Morgan fingerprint density at radius 2 is 2.05 bits per heavy atom. The van der Waals surface area contributed by atoms with Crippen molar-refractivity contribution in [2.75, 3.05) is 5.32 Å². The molecular weight excluding hydrogens is 268 g/mol. The highest BCUT2D eigenvalue weighted by atomic mass is 35.5. The second-order valence-corrected chi connectivity index (χ2v) is 5.37. The molecule has 1 rings (SSSR count). The minimum atomic E-state index is -0.836. The fourth-order valence-electron chi connectivity index (χ4n) is 1.67. The fourth-order valence-corrected chi connectivity index (χ4v) is 1.94. The Kier molecular flexibility index (Phi) is 4.78. The van der Waals surface area contributed by atoms with Gasteiger partial charge in [0.15, 0.2) is 0 Å². The van der Waals surface area contributed by atoms with Crippen molar-refractivity contribution >= 4 is 29.2 Å². The van der Waals surface area contributed by atoms with Crippen molar-refractivity contribution in [1.29, 1.82) is 0 Å². The smallest absolute Gasteiger partial charge is 0.303 e. The van der Waals surface area contributed by atoms with E-state index >= 15 is 0 Å². The SMILES string of the molecule is CC(C)(CCC(=O)O)Nc1ccc(C(N)=O)c(Cl)c1. The van der Waals surface area contributed by atoms with Gasteiger partial charge in [-0.15, -0.1) is 0 Å². The Labute approximate surface area is 116 Å². The summed E-state index contributed by atoms with van der Waals surface area (Å²) in [5.41, 5.74) is 5.74. The lowest BCUT2D eigenvalue weighted by molar-refractivity contribution is -0.137. The predicted octanol–water partition coefficient (Wildman–Crippen LogP) is 2.49. The Hall–Kier alpha value is -1.75. The Morgan fingerprint density at radius 1 is 1.42 bits per heavy atom.